The van der Waals surface area contributed by atoms with E-state index in [0.717, 1.165) is 10.6 Å². The van der Waals surface area contributed by atoms with Crippen LogP contribution in [0.5, 0.6) is 5.75 Å². The highest BCUT2D eigenvalue weighted by Gasteiger charge is 2.30. The van der Waals surface area contributed by atoms with Crippen molar-refractivity contribution >= 4 is 50.7 Å². The van der Waals surface area contributed by atoms with Crippen molar-refractivity contribution in [3.8, 4) is 5.75 Å². The Morgan fingerprint density at radius 1 is 1.12 bits per heavy atom. The van der Waals surface area contributed by atoms with Gasteiger partial charge in [-0.1, -0.05) is 29.3 Å². The van der Waals surface area contributed by atoms with E-state index in [9.17, 15) is 18.0 Å². The van der Waals surface area contributed by atoms with Crippen LogP contribution in [0, 0.1) is 0 Å². The largest absolute Gasteiger partial charge is 0.494 e. The van der Waals surface area contributed by atoms with Gasteiger partial charge in [-0.3, -0.25) is 13.9 Å². The molecule has 1 unspecified atom stereocenters. The number of carbonyl (C=O) groups excluding carboxylic acids is 2. The monoisotopic (exact) mass is 515 g/mol. The van der Waals surface area contributed by atoms with Gasteiger partial charge in [0.05, 0.1) is 18.6 Å². The Balaban J connectivity index is 2.38. The average Bonchev–Trinajstić information content (AvgIpc) is 2.76. The van der Waals surface area contributed by atoms with Gasteiger partial charge < -0.3 is 15.0 Å². The van der Waals surface area contributed by atoms with Gasteiger partial charge in [-0.15, -0.1) is 0 Å². The predicted octanol–water partition coefficient (Wildman–Crippen LogP) is 3.32. The Morgan fingerprint density at radius 3 is 2.27 bits per heavy atom. The second kappa shape index (κ2) is 11.6. The van der Waals surface area contributed by atoms with Gasteiger partial charge in [0.15, 0.2) is 0 Å². The lowest BCUT2D eigenvalue weighted by Gasteiger charge is -2.31. The van der Waals surface area contributed by atoms with Crippen LogP contribution in [0.4, 0.5) is 5.69 Å². The number of halogens is 2. The van der Waals surface area contributed by atoms with Gasteiger partial charge in [0.2, 0.25) is 21.8 Å². The zero-order valence-corrected chi connectivity index (χ0v) is 21.2. The van der Waals surface area contributed by atoms with Crippen molar-refractivity contribution in [1.82, 2.24) is 10.2 Å². The third-order valence-electron chi connectivity index (χ3n) is 4.88. The zero-order chi connectivity index (χ0) is 24.8. The second-order valence-corrected chi connectivity index (χ2v) is 9.99. The van der Waals surface area contributed by atoms with E-state index in [0.29, 0.717) is 33.7 Å². The smallest absolute Gasteiger partial charge is 0.244 e. The van der Waals surface area contributed by atoms with Crippen molar-refractivity contribution in [2.75, 3.05) is 30.8 Å². The Morgan fingerprint density at radius 2 is 1.76 bits per heavy atom. The lowest BCUT2D eigenvalue weighted by Crippen LogP contribution is -2.50. The molecule has 0 aliphatic carbocycles. The molecule has 0 saturated carbocycles. The fraction of sp³-hybridized carbons (Fsp3) is 0.364. The summed E-state index contributed by atoms with van der Waals surface area (Å²) in [4.78, 5) is 26.9. The number of sulfonamides is 1. The van der Waals surface area contributed by atoms with Crippen LogP contribution in [0.25, 0.3) is 0 Å². The number of carbonyl (C=O) groups is 2. The minimum absolute atomic E-state index is 0.00962. The number of ether oxygens (including phenoxy) is 1. The van der Waals surface area contributed by atoms with Crippen molar-refractivity contribution < 1.29 is 22.7 Å². The molecule has 0 fully saturated rings. The molecule has 8 nitrogen and oxygen atoms in total. The van der Waals surface area contributed by atoms with Crippen molar-refractivity contribution in [1.29, 1.82) is 0 Å². The van der Waals surface area contributed by atoms with Crippen LogP contribution in [0.2, 0.25) is 10.0 Å². The topological polar surface area (TPSA) is 96.0 Å². The average molecular weight is 516 g/mol. The maximum atomic E-state index is 13.3. The predicted molar refractivity (Wildman–Crippen MR) is 130 cm³/mol. The molecule has 33 heavy (non-hydrogen) atoms. The Kier molecular flexibility index (Phi) is 9.39. The summed E-state index contributed by atoms with van der Waals surface area (Å²) in [5.74, 6) is -0.398. The molecule has 0 heterocycles. The first kappa shape index (κ1) is 26.8. The molecule has 0 aromatic heterocycles. The molecule has 1 N–H and O–H groups in total. The SMILES string of the molecule is CCOc1ccc(N(CC(=O)N(Cc2ccc(Cl)cc2Cl)C(C)C(=O)NC)S(C)(=O)=O)cc1. The summed E-state index contributed by atoms with van der Waals surface area (Å²) in [6.07, 6.45) is 1.01. The molecule has 11 heteroatoms. The standard InChI is InChI=1S/C22H27Cl2N3O5S/c1-5-32-19-10-8-18(9-11-19)27(33(4,30)31)14-21(28)26(15(2)22(29)25-3)13-16-6-7-17(23)12-20(16)24/h6-12,15H,5,13-14H2,1-4H3,(H,25,29). The van der Waals surface area contributed by atoms with Gasteiger partial charge >= 0.3 is 0 Å². The summed E-state index contributed by atoms with van der Waals surface area (Å²) in [5, 5.41) is 3.27. The van der Waals surface area contributed by atoms with Gasteiger partial charge in [-0.05, 0) is 55.8 Å². The maximum absolute atomic E-state index is 13.3. The van der Waals surface area contributed by atoms with E-state index >= 15 is 0 Å². The van der Waals surface area contributed by atoms with Gasteiger partial charge in [0, 0.05) is 23.6 Å². The van der Waals surface area contributed by atoms with E-state index in [2.05, 4.69) is 5.32 Å². The molecule has 0 aliphatic rings. The number of nitrogens with one attached hydrogen (secondary N) is 1. The lowest BCUT2D eigenvalue weighted by molar-refractivity contribution is -0.139. The van der Waals surface area contributed by atoms with E-state index in [1.54, 1.807) is 43.3 Å². The molecule has 0 spiro atoms. The van der Waals surface area contributed by atoms with Crippen LogP contribution >= 0.6 is 23.2 Å². The number of nitrogens with zero attached hydrogens (tertiary/aromatic N) is 2. The summed E-state index contributed by atoms with van der Waals surface area (Å²) in [6, 6.07) is 10.3. The first-order valence-corrected chi connectivity index (χ1v) is 12.7. The zero-order valence-electron chi connectivity index (χ0n) is 18.8. The summed E-state index contributed by atoms with van der Waals surface area (Å²) >= 11 is 12.2. The number of hydrogen-bond donors (Lipinski definition) is 1. The molecular formula is C22H27Cl2N3O5S. The molecule has 0 aliphatic heterocycles. The first-order valence-electron chi connectivity index (χ1n) is 10.1. The van der Waals surface area contributed by atoms with E-state index < -0.39 is 34.4 Å². The molecular weight excluding hydrogens is 489 g/mol. The van der Waals surface area contributed by atoms with Crippen molar-refractivity contribution in [3.63, 3.8) is 0 Å². The van der Waals surface area contributed by atoms with E-state index in [1.165, 1.54) is 18.0 Å². The third-order valence-corrected chi connectivity index (χ3v) is 6.61. The van der Waals surface area contributed by atoms with E-state index in [4.69, 9.17) is 27.9 Å². The summed E-state index contributed by atoms with van der Waals surface area (Å²) in [7, 11) is -2.35. The van der Waals surface area contributed by atoms with Crippen molar-refractivity contribution in [2.24, 2.45) is 0 Å². The number of benzene rings is 2. The minimum atomic E-state index is -3.81. The molecule has 0 radical (unpaired) electrons. The van der Waals surface area contributed by atoms with Gasteiger partial charge in [0.1, 0.15) is 18.3 Å². The number of rotatable bonds is 10. The van der Waals surface area contributed by atoms with Crippen molar-refractivity contribution in [3.05, 3.63) is 58.1 Å². The summed E-state index contributed by atoms with van der Waals surface area (Å²) in [5.41, 5.74) is 0.864. The van der Waals surface area contributed by atoms with Crippen LogP contribution in [0.3, 0.4) is 0 Å². The Labute approximate surface area is 204 Å². The van der Waals surface area contributed by atoms with Crippen LogP contribution < -0.4 is 14.4 Å². The Bertz CT molecular complexity index is 1090. The molecule has 2 amide bonds. The van der Waals surface area contributed by atoms with Gasteiger partial charge in [-0.25, -0.2) is 8.42 Å². The highest BCUT2D eigenvalue weighted by atomic mass is 35.5. The molecule has 0 bridgehead atoms. The number of amides is 2. The van der Waals surface area contributed by atoms with Gasteiger partial charge in [-0.2, -0.15) is 0 Å². The molecule has 0 saturated heterocycles. The van der Waals surface area contributed by atoms with Crippen LogP contribution in [-0.4, -0.2) is 57.6 Å². The second-order valence-electron chi connectivity index (χ2n) is 7.24. The summed E-state index contributed by atoms with van der Waals surface area (Å²) in [6.45, 7) is 3.35. The highest BCUT2D eigenvalue weighted by molar-refractivity contribution is 7.92. The molecule has 1 atom stereocenters. The molecule has 2 aromatic rings. The summed E-state index contributed by atoms with van der Waals surface area (Å²) < 4.78 is 31.4. The third kappa shape index (κ3) is 7.25. The Hall–Kier alpha value is -2.49. The van der Waals surface area contributed by atoms with Crippen LogP contribution in [0.15, 0.2) is 42.5 Å². The number of hydrogen-bond acceptors (Lipinski definition) is 5. The number of anilines is 1. The minimum Gasteiger partial charge on any atom is -0.494 e. The molecule has 2 rings (SSSR count). The quantitative estimate of drug-likeness (QED) is 0.523. The normalized spacial score (nSPS) is 12.1. The van der Waals surface area contributed by atoms with Crippen molar-refractivity contribution in [2.45, 2.75) is 26.4 Å². The fourth-order valence-electron chi connectivity index (χ4n) is 3.11. The van der Waals surface area contributed by atoms with Crippen LogP contribution in [-0.2, 0) is 26.2 Å². The fourth-order valence-corrected chi connectivity index (χ4v) is 4.43. The lowest BCUT2D eigenvalue weighted by atomic mass is 10.1. The van der Waals surface area contributed by atoms with Crippen LogP contribution in [0.1, 0.15) is 19.4 Å². The maximum Gasteiger partial charge on any atom is 0.244 e. The molecule has 2 aromatic carbocycles. The highest BCUT2D eigenvalue weighted by Crippen LogP contribution is 2.25. The van der Waals surface area contributed by atoms with E-state index in [-0.39, 0.29) is 6.54 Å². The van der Waals surface area contributed by atoms with E-state index in [1.807, 2.05) is 6.92 Å². The van der Waals surface area contributed by atoms with Gasteiger partial charge in [0.25, 0.3) is 0 Å². The number of likely N-dealkylation sites (N-methyl/N-ethyl adjacent to an activating group) is 1. The molecule has 180 valence electrons. The first-order chi connectivity index (χ1) is 15.5.